The number of hydrogen-bond acceptors (Lipinski definition) is 10. The van der Waals surface area contributed by atoms with Gasteiger partial charge in [-0.05, 0) is 23.3 Å². The van der Waals surface area contributed by atoms with Crippen molar-refractivity contribution in [3.63, 3.8) is 0 Å². The summed E-state index contributed by atoms with van der Waals surface area (Å²) in [6.07, 6.45) is -4.66. The average Bonchev–Trinajstić information content (AvgIpc) is 3.75. The molecule has 6 rings (SSSR count). The number of alkyl halides is 6. The lowest BCUT2D eigenvalue weighted by atomic mass is 9.78. The van der Waals surface area contributed by atoms with Crippen LogP contribution in [0.4, 0.5) is 35.1 Å². The van der Waals surface area contributed by atoms with Crippen LogP contribution in [0.25, 0.3) is 0 Å². The molecule has 0 radical (unpaired) electrons. The Labute approximate surface area is 304 Å². The Hall–Kier alpha value is -5.68. The predicted molar refractivity (Wildman–Crippen MR) is 174 cm³/mol. The molecule has 10 nitrogen and oxygen atoms in total. The zero-order chi connectivity index (χ0) is 39.4. The number of hydrogen-bond donors (Lipinski definition) is 2. The molecule has 4 atom stereocenters. The van der Waals surface area contributed by atoms with Crippen molar-refractivity contribution in [3.8, 4) is 0 Å². The van der Waals surface area contributed by atoms with E-state index >= 15 is 0 Å². The van der Waals surface area contributed by atoms with Gasteiger partial charge in [-0.25, -0.2) is 54.3 Å². The second-order valence-electron chi connectivity index (χ2n) is 11.8. The molecule has 0 bridgehead atoms. The van der Waals surface area contributed by atoms with Crippen molar-refractivity contribution in [1.29, 1.82) is 0 Å². The highest BCUT2D eigenvalue weighted by Gasteiger charge is 2.46. The van der Waals surface area contributed by atoms with E-state index in [1.165, 1.54) is 24.3 Å². The quantitative estimate of drug-likeness (QED) is 0.171. The lowest BCUT2D eigenvalue weighted by molar-refractivity contribution is -0.138. The standard InChI is InChI=1S/2C18H15F4NO4.2H2/c2*1-26-17(24)15-11(6-20)23-12-7-27-18(25)16(12)14(15)8-3-2-4-9(21)13(8)10(22)5-19;;/h2*2-4,10,14,23H,5-7H2,1H3;2*1H/t10-,14+;10-,14-;;/m10../s1. The van der Waals surface area contributed by atoms with E-state index in [1.807, 2.05) is 0 Å². The molecule has 18 heteroatoms. The third-order valence-electron chi connectivity index (χ3n) is 8.96. The third kappa shape index (κ3) is 7.03. The molecule has 0 unspecified atom stereocenters. The molecule has 4 aliphatic heterocycles. The van der Waals surface area contributed by atoms with E-state index < -0.39 is 97.5 Å². The number of cyclic esters (lactones) is 2. The van der Waals surface area contributed by atoms with E-state index in [9.17, 15) is 54.3 Å². The second-order valence-corrected chi connectivity index (χ2v) is 11.8. The number of carbonyl (C=O) groups is 4. The van der Waals surface area contributed by atoms with Gasteiger partial charge in [0.1, 0.15) is 51.5 Å². The van der Waals surface area contributed by atoms with Gasteiger partial charge in [-0.1, -0.05) is 24.3 Å². The fourth-order valence-electron chi connectivity index (χ4n) is 6.72. The van der Waals surface area contributed by atoms with Crippen LogP contribution < -0.4 is 10.6 Å². The number of allylic oxidation sites excluding steroid dienone is 2. The molecule has 4 aliphatic rings. The molecule has 0 spiro atoms. The highest BCUT2D eigenvalue weighted by molar-refractivity contribution is 6.02. The van der Waals surface area contributed by atoms with E-state index in [0.29, 0.717) is 0 Å². The average molecular weight is 775 g/mol. The first-order valence-electron chi connectivity index (χ1n) is 15.9. The summed E-state index contributed by atoms with van der Waals surface area (Å²) in [4.78, 5) is 49.1. The number of esters is 4. The molecule has 4 heterocycles. The fraction of sp³-hybridized carbons (Fsp3) is 0.333. The van der Waals surface area contributed by atoms with Crippen LogP contribution in [0.3, 0.4) is 0 Å². The lowest BCUT2D eigenvalue weighted by Gasteiger charge is -2.29. The normalized spacial score (nSPS) is 20.2. The molecule has 292 valence electrons. The maximum absolute atomic E-state index is 14.3. The Balaban J connectivity index is 0.000000290. The Morgan fingerprint density at radius 2 is 1.09 bits per heavy atom. The summed E-state index contributed by atoms with van der Waals surface area (Å²) in [5.41, 5.74) is -2.52. The van der Waals surface area contributed by atoms with Gasteiger partial charge in [0.25, 0.3) is 0 Å². The summed E-state index contributed by atoms with van der Waals surface area (Å²) in [7, 11) is 2.09. The van der Waals surface area contributed by atoms with Gasteiger partial charge in [-0.15, -0.1) is 0 Å². The smallest absolute Gasteiger partial charge is 0.337 e. The zero-order valence-corrected chi connectivity index (χ0v) is 28.3. The van der Waals surface area contributed by atoms with E-state index in [4.69, 9.17) is 9.47 Å². The minimum atomic E-state index is -2.33. The number of carbonyl (C=O) groups excluding carboxylic acids is 4. The highest BCUT2D eigenvalue weighted by atomic mass is 19.2. The van der Waals surface area contributed by atoms with Gasteiger partial charge in [0.05, 0.1) is 71.1 Å². The monoisotopic (exact) mass is 774 g/mol. The zero-order valence-electron chi connectivity index (χ0n) is 28.3. The predicted octanol–water partition coefficient (Wildman–Crippen LogP) is 5.89. The summed E-state index contributed by atoms with van der Waals surface area (Å²) in [6, 6.07) is 6.83. The first kappa shape index (κ1) is 39.5. The Kier molecular flexibility index (Phi) is 12.1. The van der Waals surface area contributed by atoms with Crippen molar-refractivity contribution in [2.75, 3.05) is 54.1 Å². The molecule has 0 saturated heterocycles. The number of methoxy groups -OCH3 is 2. The lowest BCUT2D eigenvalue weighted by Crippen LogP contribution is -2.32. The van der Waals surface area contributed by atoms with Crippen LogP contribution in [-0.4, -0.2) is 78.0 Å². The molecular weight excluding hydrogens is 740 g/mol. The molecular formula is C36H34F8N2O8. The van der Waals surface area contributed by atoms with Crippen LogP contribution in [0.5, 0.6) is 0 Å². The van der Waals surface area contributed by atoms with Gasteiger partial charge in [0, 0.05) is 14.0 Å². The highest BCUT2D eigenvalue weighted by Crippen LogP contribution is 2.46. The van der Waals surface area contributed by atoms with E-state index in [0.717, 1.165) is 26.4 Å². The Bertz CT molecular complexity index is 1880. The van der Waals surface area contributed by atoms with Crippen LogP contribution in [0.2, 0.25) is 0 Å². The van der Waals surface area contributed by atoms with Crippen molar-refractivity contribution in [2.45, 2.75) is 24.2 Å². The van der Waals surface area contributed by atoms with Crippen molar-refractivity contribution in [3.05, 3.63) is 115 Å². The van der Waals surface area contributed by atoms with Gasteiger partial charge in [0.2, 0.25) is 0 Å². The Morgan fingerprint density at radius 1 is 0.722 bits per heavy atom. The van der Waals surface area contributed by atoms with Gasteiger partial charge < -0.3 is 29.6 Å². The van der Waals surface area contributed by atoms with Crippen LogP contribution in [0, 0.1) is 11.6 Å². The number of ether oxygens (including phenoxy) is 4. The minimum absolute atomic E-state index is 0. The maximum atomic E-state index is 14.3. The van der Waals surface area contributed by atoms with E-state index in [1.54, 1.807) is 0 Å². The summed E-state index contributed by atoms with van der Waals surface area (Å²) in [6.45, 7) is -5.70. The second kappa shape index (κ2) is 16.6. The van der Waals surface area contributed by atoms with Gasteiger partial charge in [-0.3, -0.25) is 0 Å². The topological polar surface area (TPSA) is 129 Å². The van der Waals surface area contributed by atoms with Crippen LogP contribution in [0.1, 0.15) is 49.3 Å². The molecule has 0 saturated carbocycles. The molecule has 2 aromatic carbocycles. The molecule has 0 amide bonds. The molecule has 0 aliphatic carbocycles. The molecule has 0 aromatic heterocycles. The van der Waals surface area contributed by atoms with Gasteiger partial charge in [0.15, 0.2) is 12.3 Å². The van der Waals surface area contributed by atoms with Gasteiger partial charge in [-0.2, -0.15) is 0 Å². The Morgan fingerprint density at radius 3 is 1.41 bits per heavy atom. The van der Waals surface area contributed by atoms with Gasteiger partial charge >= 0.3 is 23.9 Å². The van der Waals surface area contributed by atoms with Crippen LogP contribution in [-0.2, 0) is 38.1 Å². The summed E-state index contributed by atoms with van der Waals surface area (Å²) in [5.74, 6) is -8.43. The first-order valence-corrected chi connectivity index (χ1v) is 15.9. The number of benzene rings is 2. The molecule has 0 fully saturated rings. The van der Waals surface area contributed by atoms with Crippen molar-refractivity contribution >= 4 is 23.9 Å². The SMILES string of the molecule is COC(=O)C1=C(CF)NC2=C(C(=O)OC2)[C@H]1c1cccc(F)c1[C@@H](F)CF.COC(=O)C1=C(CF)NC2=C(C(=O)OC2)[C@H]1c1cccc(F)c1[C@H](F)CF.[HH].[HH]. The van der Waals surface area contributed by atoms with E-state index in [-0.39, 0.29) is 72.3 Å². The molecule has 2 N–H and O–H groups in total. The number of nitrogens with one attached hydrogen (secondary N) is 2. The third-order valence-corrected chi connectivity index (χ3v) is 8.96. The molecule has 54 heavy (non-hydrogen) atoms. The minimum Gasteiger partial charge on any atom is -0.466 e. The number of halogens is 8. The summed E-state index contributed by atoms with van der Waals surface area (Å²) < 4.78 is 129. The summed E-state index contributed by atoms with van der Waals surface area (Å²) >= 11 is 0. The van der Waals surface area contributed by atoms with Crippen molar-refractivity contribution < 1.29 is 76.1 Å². The fourth-order valence-corrected chi connectivity index (χ4v) is 6.72. The number of rotatable bonds is 10. The summed E-state index contributed by atoms with van der Waals surface area (Å²) in [5, 5.41) is 5.23. The van der Waals surface area contributed by atoms with Crippen molar-refractivity contribution in [2.24, 2.45) is 0 Å². The van der Waals surface area contributed by atoms with Crippen LogP contribution in [0.15, 0.2) is 81.5 Å². The first-order chi connectivity index (χ1) is 25.9. The van der Waals surface area contributed by atoms with Crippen molar-refractivity contribution in [1.82, 2.24) is 10.6 Å². The number of dihydropyridines is 2. The largest absolute Gasteiger partial charge is 0.466 e. The molecule has 2 aromatic rings. The van der Waals surface area contributed by atoms with E-state index in [2.05, 4.69) is 20.1 Å². The maximum Gasteiger partial charge on any atom is 0.337 e. The van der Waals surface area contributed by atoms with Crippen LogP contribution >= 0.6 is 0 Å².